The van der Waals surface area contributed by atoms with Crippen molar-refractivity contribution in [1.29, 1.82) is 0 Å². The summed E-state index contributed by atoms with van der Waals surface area (Å²) in [5, 5.41) is 2.94. The van der Waals surface area contributed by atoms with Gasteiger partial charge in [0.25, 0.3) is 5.91 Å². The SMILES string of the molecule is O=C1NC2(CCOc3ccccc32)C(=O)N1Cc1ccc(-c2ccccc2)cc1. The normalized spacial score (nSPS) is 20.3. The van der Waals surface area contributed by atoms with Crippen molar-refractivity contribution in [1.82, 2.24) is 10.2 Å². The van der Waals surface area contributed by atoms with Crippen molar-refractivity contribution in [3.63, 3.8) is 0 Å². The largest absolute Gasteiger partial charge is 0.493 e. The third kappa shape index (κ3) is 2.86. The van der Waals surface area contributed by atoms with Crippen LogP contribution in [-0.4, -0.2) is 23.4 Å². The maximum absolute atomic E-state index is 13.3. The minimum Gasteiger partial charge on any atom is -0.493 e. The molecule has 2 aliphatic rings. The topological polar surface area (TPSA) is 58.6 Å². The molecule has 1 atom stereocenters. The summed E-state index contributed by atoms with van der Waals surface area (Å²) < 4.78 is 5.68. The van der Waals surface area contributed by atoms with Gasteiger partial charge >= 0.3 is 6.03 Å². The van der Waals surface area contributed by atoms with Gasteiger partial charge < -0.3 is 10.1 Å². The molecule has 3 amide bonds. The van der Waals surface area contributed by atoms with Gasteiger partial charge in [0.15, 0.2) is 5.54 Å². The van der Waals surface area contributed by atoms with Crippen molar-refractivity contribution in [2.45, 2.75) is 18.5 Å². The van der Waals surface area contributed by atoms with E-state index in [0.29, 0.717) is 18.8 Å². The van der Waals surface area contributed by atoms with Gasteiger partial charge in [-0.3, -0.25) is 9.69 Å². The zero-order valence-corrected chi connectivity index (χ0v) is 15.8. The molecule has 1 N–H and O–H groups in total. The molecule has 0 aliphatic carbocycles. The van der Waals surface area contributed by atoms with Crippen molar-refractivity contribution in [3.8, 4) is 16.9 Å². The lowest BCUT2D eigenvalue weighted by atomic mass is 9.84. The van der Waals surface area contributed by atoms with Crippen LogP contribution in [0.15, 0.2) is 78.9 Å². The van der Waals surface area contributed by atoms with Crippen LogP contribution < -0.4 is 10.1 Å². The van der Waals surface area contributed by atoms with Gasteiger partial charge in [0.1, 0.15) is 5.75 Å². The van der Waals surface area contributed by atoms with Crippen LogP contribution in [0.3, 0.4) is 0 Å². The Hall–Kier alpha value is -3.60. The first kappa shape index (κ1) is 17.5. The van der Waals surface area contributed by atoms with Gasteiger partial charge in [0.05, 0.1) is 13.2 Å². The lowest BCUT2D eigenvalue weighted by molar-refractivity contribution is -0.133. The molecule has 1 unspecified atom stereocenters. The Kier molecular flexibility index (Phi) is 4.09. The van der Waals surface area contributed by atoms with E-state index in [0.717, 1.165) is 22.3 Å². The number of para-hydroxylation sites is 1. The third-order valence-electron chi connectivity index (χ3n) is 5.66. The van der Waals surface area contributed by atoms with Gasteiger partial charge in [-0.2, -0.15) is 0 Å². The number of benzene rings is 3. The molecule has 5 heteroatoms. The molecular weight excluding hydrogens is 364 g/mol. The molecule has 3 aromatic carbocycles. The highest BCUT2D eigenvalue weighted by molar-refractivity contribution is 6.07. The third-order valence-corrected chi connectivity index (χ3v) is 5.66. The van der Waals surface area contributed by atoms with Crippen LogP contribution in [0.5, 0.6) is 5.75 Å². The fraction of sp³-hybridized carbons (Fsp3) is 0.167. The van der Waals surface area contributed by atoms with Gasteiger partial charge in [-0.1, -0.05) is 72.8 Å². The monoisotopic (exact) mass is 384 g/mol. The fourth-order valence-electron chi connectivity index (χ4n) is 4.13. The maximum Gasteiger partial charge on any atom is 0.325 e. The highest BCUT2D eigenvalue weighted by Crippen LogP contribution is 2.41. The Morgan fingerprint density at radius 3 is 2.34 bits per heavy atom. The van der Waals surface area contributed by atoms with Gasteiger partial charge in [0, 0.05) is 12.0 Å². The number of nitrogens with one attached hydrogen (secondary N) is 1. The molecule has 5 nitrogen and oxygen atoms in total. The number of fused-ring (bicyclic) bond motifs is 2. The molecule has 1 saturated heterocycles. The van der Waals surface area contributed by atoms with Crippen molar-refractivity contribution in [2.75, 3.05) is 6.61 Å². The van der Waals surface area contributed by atoms with E-state index in [2.05, 4.69) is 17.4 Å². The van der Waals surface area contributed by atoms with Crippen LogP contribution >= 0.6 is 0 Å². The summed E-state index contributed by atoms with van der Waals surface area (Å²) >= 11 is 0. The highest BCUT2D eigenvalue weighted by Gasteiger charge is 2.54. The van der Waals surface area contributed by atoms with E-state index in [1.807, 2.05) is 66.7 Å². The van der Waals surface area contributed by atoms with Crippen LogP contribution in [-0.2, 0) is 16.9 Å². The Morgan fingerprint density at radius 1 is 0.862 bits per heavy atom. The van der Waals surface area contributed by atoms with Gasteiger partial charge in [-0.25, -0.2) is 4.79 Å². The Balaban J connectivity index is 1.41. The average Bonchev–Trinajstić information content (AvgIpc) is 3.00. The molecule has 5 rings (SSSR count). The van der Waals surface area contributed by atoms with Gasteiger partial charge in [-0.05, 0) is 22.8 Å². The quantitative estimate of drug-likeness (QED) is 0.692. The number of carbonyl (C=O) groups is 2. The molecule has 1 fully saturated rings. The molecule has 0 bridgehead atoms. The van der Waals surface area contributed by atoms with Crippen LogP contribution in [0.25, 0.3) is 11.1 Å². The van der Waals surface area contributed by atoms with Crippen LogP contribution in [0.2, 0.25) is 0 Å². The van der Waals surface area contributed by atoms with Crippen molar-refractivity contribution in [3.05, 3.63) is 90.0 Å². The van der Waals surface area contributed by atoms with E-state index in [-0.39, 0.29) is 18.5 Å². The molecule has 3 aromatic rings. The number of hydrogen-bond donors (Lipinski definition) is 1. The second-order valence-electron chi connectivity index (χ2n) is 7.38. The average molecular weight is 384 g/mol. The first-order chi connectivity index (χ1) is 14.2. The molecule has 144 valence electrons. The predicted octanol–water partition coefficient (Wildman–Crippen LogP) is 4.08. The molecule has 0 aromatic heterocycles. The van der Waals surface area contributed by atoms with Gasteiger partial charge in [0.2, 0.25) is 0 Å². The minimum atomic E-state index is -1.03. The second kappa shape index (κ2) is 6.78. The van der Waals surface area contributed by atoms with Crippen LogP contribution in [0, 0.1) is 0 Å². The molecule has 0 radical (unpaired) electrons. The first-order valence-corrected chi connectivity index (χ1v) is 9.68. The zero-order chi connectivity index (χ0) is 19.8. The predicted molar refractivity (Wildman–Crippen MR) is 109 cm³/mol. The molecule has 1 spiro atoms. The summed E-state index contributed by atoms with van der Waals surface area (Å²) in [4.78, 5) is 27.4. The van der Waals surface area contributed by atoms with E-state index >= 15 is 0 Å². The number of rotatable bonds is 3. The van der Waals surface area contributed by atoms with Crippen molar-refractivity contribution in [2.24, 2.45) is 0 Å². The molecular formula is C24H20N2O3. The first-order valence-electron chi connectivity index (χ1n) is 9.68. The second-order valence-corrected chi connectivity index (χ2v) is 7.38. The number of nitrogens with zero attached hydrogens (tertiary/aromatic N) is 1. The molecule has 29 heavy (non-hydrogen) atoms. The van der Waals surface area contributed by atoms with E-state index < -0.39 is 5.54 Å². The van der Waals surface area contributed by atoms with E-state index in [4.69, 9.17) is 4.74 Å². The Bertz CT molecular complexity index is 1080. The van der Waals surface area contributed by atoms with E-state index in [1.165, 1.54) is 4.90 Å². The smallest absolute Gasteiger partial charge is 0.325 e. The summed E-state index contributed by atoms with van der Waals surface area (Å²) in [6, 6.07) is 25.1. The number of urea groups is 1. The van der Waals surface area contributed by atoms with Crippen molar-refractivity contribution >= 4 is 11.9 Å². The molecule has 2 aliphatic heterocycles. The minimum absolute atomic E-state index is 0.217. The Morgan fingerprint density at radius 2 is 1.55 bits per heavy atom. The lowest BCUT2D eigenvalue weighted by Crippen LogP contribution is -2.47. The number of amides is 3. The van der Waals surface area contributed by atoms with Gasteiger partial charge in [-0.15, -0.1) is 0 Å². The van der Waals surface area contributed by atoms with Crippen LogP contribution in [0.1, 0.15) is 17.5 Å². The van der Waals surface area contributed by atoms with Crippen LogP contribution in [0.4, 0.5) is 4.79 Å². The number of ether oxygens (including phenoxy) is 1. The summed E-state index contributed by atoms with van der Waals surface area (Å²) in [5.74, 6) is 0.437. The molecule has 0 saturated carbocycles. The Labute approximate surface area is 168 Å². The number of imide groups is 1. The van der Waals surface area contributed by atoms with Crippen molar-refractivity contribution < 1.29 is 14.3 Å². The van der Waals surface area contributed by atoms with E-state index in [1.54, 1.807) is 0 Å². The molecule has 2 heterocycles. The summed E-state index contributed by atoms with van der Waals surface area (Å²) in [6.07, 6.45) is 0.429. The number of hydrogen-bond acceptors (Lipinski definition) is 3. The maximum atomic E-state index is 13.3. The fourth-order valence-corrected chi connectivity index (χ4v) is 4.13. The van der Waals surface area contributed by atoms with E-state index in [9.17, 15) is 9.59 Å². The standard InChI is InChI=1S/C24H20N2O3/c27-22-24(14-15-29-21-9-5-4-8-20(21)24)25-23(28)26(22)16-17-10-12-19(13-11-17)18-6-2-1-3-7-18/h1-13H,14-16H2,(H,25,28). The summed E-state index contributed by atoms with van der Waals surface area (Å²) in [6.45, 7) is 0.632. The lowest BCUT2D eigenvalue weighted by Gasteiger charge is -2.33. The highest BCUT2D eigenvalue weighted by atomic mass is 16.5. The summed E-state index contributed by atoms with van der Waals surface area (Å²) in [7, 11) is 0. The zero-order valence-electron chi connectivity index (χ0n) is 15.8. The summed E-state index contributed by atoms with van der Waals surface area (Å²) in [5.41, 5.74) is 2.83. The number of carbonyl (C=O) groups excluding carboxylic acids is 2.